The van der Waals surface area contributed by atoms with Crippen molar-refractivity contribution >= 4 is 91.8 Å². The molecule has 10 nitrogen and oxygen atoms in total. The second-order valence-electron chi connectivity index (χ2n) is 12.5. The molecule has 0 spiro atoms. The molecule has 0 aliphatic rings. The molecule has 2 unspecified atom stereocenters. The molecule has 0 aliphatic heterocycles. The number of benzene rings is 2. The number of methoxy groups -OCH3 is 2. The van der Waals surface area contributed by atoms with Gasteiger partial charge >= 0.3 is 23.9 Å². The number of fused-ring (bicyclic) bond motifs is 1. The monoisotopic (exact) mass is 808 g/mol. The highest BCUT2D eigenvalue weighted by Crippen LogP contribution is 2.47. The van der Waals surface area contributed by atoms with Crippen LogP contribution in [0.15, 0.2) is 34.1 Å². The van der Waals surface area contributed by atoms with Gasteiger partial charge in [0.2, 0.25) is 0 Å². The van der Waals surface area contributed by atoms with Gasteiger partial charge in [0, 0.05) is 25.0 Å². The van der Waals surface area contributed by atoms with Gasteiger partial charge in [0.25, 0.3) is 0 Å². The van der Waals surface area contributed by atoms with E-state index in [0.717, 1.165) is 0 Å². The van der Waals surface area contributed by atoms with Crippen LogP contribution >= 0.6 is 57.1 Å². The third kappa shape index (κ3) is 10.3. The fourth-order valence-electron chi connectivity index (χ4n) is 4.70. The number of thiol groups is 2. The Balaban J connectivity index is 2.36. The Morgan fingerprint density at radius 1 is 0.609 bits per heavy atom. The number of halogens is 2. The number of hydrogen-bond acceptors (Lipinski definition) is 12. The minimum Gasteiger partial charge on any atom is -0.462 e. The summed E-state index contributed by atoms with van der Waals surface area (Å²) in [5.74, 6) is -2.10. The summed E-state index contributed by atoms with van der Waals surface area (Å²) in [6, 6.07) is 6.88. The molecule has 0 aliphatic carbocycles. The van der Waals surface area contributed by atoms with Crippen LogP contribution in [0.2, 0.25) is 0 Å². The lowest BCUT2D eigenvalue weighted by Gasteiger charge is -2.31. The van der Waals surface area contributed by atoms with E-state index in [9.17, 15) is 19.2 Å². The van der Waals surface area contributed by atoms with Gasteiger partial charge in [-0.15, -0.1) is 25.3 Å². The first kappa shape index (κ1) is 40.3. The van der Waals surface area contributed by atoms with Gasteiger partial charge < -0.3 is 28.4 Å². The average molecular weight is 811 g/mol. The van der Waals surface area contributed by atoms with Crippen molar-refractivity contribution in [1.29, 1.82) is 0 Å². The van der Waals surface area contributed by atoms with E-state index >= 15 is 0 Å². The summed E-state index contributed by atoms with van der Waals surface area (Å²) in [5, 5.41) is 0.894. The summed E-state index contributed by atoms with van der Waals surface area (Å²) >= 11 is 16.0. The van der Waals surface area contributed by atoms with Crippen LogP contribution in [-0.4, -0.2) is 73.2 Å². The molecule has 0 heterocycles. The summed E-state index contributed by atoms with van der Waals surface area (Å²) in [5.41, 5.74) is -2.31. The van der Waals surface area contributed by atoms with Crippen LogP contribution in [0.5, 0.6) is 11.5 Å². The molecule has 0 radical (unpaired) electrons. The normalized spacial score (nSPS) is 14.6. The molecule has 2 atom stereocenters. The molecule has 0 amide bonds. The van der Waals surface area contributed by atoms with Crippen molar-refractivity contribution in [1.82, 2.24) is 0 Å². The zero-order valence-electron chi connectivity index (χ0n) is 27.3. The molecule has 0 saturated heterocycles. The number of ether oxygens (including phenoxy) is 6. The van der Waals surface area contributed by atoms with Gasteiger partial charge in [-0.25, -0.2) is 0 Å². The lowest BCUT2D eigenvalue weighted by molar-refractivity contribution is -0.152. The van der Waals surface area contributed by atoms with Gasteiger partial charge in [0.1, 0.15) is 21.9 Å². The highest BCUT2D eigenvalue weighted by Gasteiger charge is 2.44. The first-order valence-corrected chi connectivity index (χ1v) is 16.8. The maximum Gasteiger partial charge on any atom is 0.322 e. The molecule has 0 aromatic heterocycles. The van der Waals surface area contributed by atoms with Crippen LogP contribution in [0.1, 0.15) is 54.4 Å². The first-order chi connectivity index (χ1) is 21.2. The summed E-state index contributed by atoms with van der Waals surface area (Å²) in [4.78, 5) is 52.8. The minimum absolute atomic E-state index is 0.0510. The topological polar surface area (TPSA) is 124 Å². The molecule has 0 fully saturated rings. The summed E-state index contributed by atoms with van der Waals surface area (Å²) < 4.78 is 29.8. The standard InChI is InChI=1S/C32H42Br2O10S2/c1-29(2,17-31(5,33)27(37)41-15-13-39-7)25(35)43-21-19-11-9-10-12-20(19)22(24(46)23(21)45)44-26(36)30(3,4)18-32(6,34)28(38)42-16-14-40-8/h9-12,45-46H,13-18H2,1-8H3. The molecule has 256 valence electrons. The van der Waals surface area contributed by atoms with Crippen molar-refractivity contribution < 1.29 is 47.6 Å². The quantitative estimate of drug-likeness (QED) is 0.0620. The Hall–Kier alpha value is -1.84. The Bertz CT molecular complexity index is 1330. The van der Waals surface area contributed by atoms with Crippen molar-refractivity contribution in [3.63, 3.8) is 0 Å². The number of carbonyl (C=O) groups excluding carboxylic acids is 4. The smallest absolute Gasteiger partial charge is 0.322 e. The molecule has 46 heavy (non-hydrogen) atoms. The Morgan fingerprint density at radius 2 is 0.935 bits per heavy atom. The van der Waals surface area contributed by atoms with Crippen LogP contribution in [0.3, 0.4) is 0 Å². The van der Waals surface area contributed by atoms with Crippen LogP contribution in [0.4, 0.5) is 0 Å². The lowest BCUT2D eigenvalue weighted by atomic mass is 9.83. The van der Waals surface area contributed by atoms with Gasteiger partial charge in [0.05, 0.1) is 33.8 Å². The molecule has 2 aromatic carbocycles. The van der Waals surface area contributed by atoms with Crippen molar-refractivity contribution in [2.45, 2.75) is 72.8 Å². The number of rotatable bonds is 16. The summed E-state index contributed by atoms with van der Waals surface area (Å²) in [6.45, 7) is 10.5. The molecule has 0 bridgehead atoms. The number of esters is 4. The van der Waals surface area contributed by atoms with Gasteiger partial charge in [-0.2, -0.15) is 0 Å². The zero-order chi connectivity index (χ0) is 35.1. The van der Waals surface area contributed by atoms with Gasteiger partial charge in [0.15, 0.2) is 11.5 Å². The maximum atomic E-state index is 13.6. The van der Waals surface area contributed by atoms with E-state index in [1.807, 2.05) is 0 Å². The van der Waals surface area contributed by atoms with Gasteiger partial charge in [-0.05, 0) is 54.4 Å². The Kier molecular flexibility index (Phi) is 14.5. The second-order valence-corrected chi connectivity index (χ2v) is 16.8. The number of alkyl halides is 2. The molecular weight excluding hydrogens is 768 g/mol. The number of hydrogen-bond donors (Lipinski definition) is 2. The van der Waals surface area contributed by atoms with Crippen LogP contribution in [0.25, 0.3) is 10.8 Å². The SMILES string of the molecule is COCCOC(=O)C(C)(Br)CC(C)(C)C(=O)Oc1c(S)c(S)c(OC(=O)C(C)(C)CC(C)(Br)C(=O)OCCOC)c2ccccc12. The molecule has 0 saturated carbocycles. The van der Waals surface area contributed by atoms with Crippen LogP contribution in [-0.2, 0) is 38.1 Å². The Labute approximate surface area is 298 Å². The van der Waals surface area contributed by atoms with E-state index in [1.165, 1.54) is 14.2 Å². The van der Waals surface area contributed by atoms with E-state index < -0.39 is 43.4 Å². The van der Waals surface area contributed by atoms with Crippen molar-refractivity contribution in [2.75, 3.05) is 40.6 Å². The van der Waals surface area contributed by atoms with Gasteiger partial charge in [-0.3, -0.25) is 19.2 Å². The third-order valence-electron chi connectivity index (χ3n) is 7.01. The lowest BCUT2D eigenvalue weighted by Crippen LogP contribution is -2.41. The summed E-state index contributed by atoms with van der Waals surface area (Å²) in [6.07, 6.45) is 0.102. The molecule has 0 N–H and O–H groups in total. The molecule has 14 heteroatoms. The van der Waals surface area contributed by atoms with Crippen molar-refractivity contribution in [2.24, 2.45) is 10.8 Å². The predicted molar refractivity (Wildman–Crippen MR) is 187 cm³/mol. The Morgan fingerprint density at radius 3 is 1.24 bits per heavy atom. The van der Waals surface area contributed by atoms with Crippen LogP contribution < -0.4 is 9.47 Å². The largest absolute Gasteiger partial charge is 0.462 e. The van der Waals surface area contributed by atoms with E-state index in [4.69, 9.17) is 28.4 Å². The predicted octanol–water partition coefficient (Wildman–Crippen LogP) is 6.75. The highest BCUT2D eigenvalue weighted by molar-refractivity contribution is 9.10. The van der Waals surface area contributed by atoms with Gasteiger partial charge in [-0.1, -0.05) is 56.1 Å². The summed E-state index contributed by atoms with van der Waals surface area (Å²) in [7, 11) is 3.00. The highest BCUT2D eigenvalue weighted by atomic mass is 79.9. The van der Waals surface area contributed by atoms with E-state index in [-0.39, 0.29) is 60.6 Å². The van der Waals surface area contributed by atoms with Crippen LogP contribution in [0, 0.1) is 10.8 Å². The molecule has 2 rings (SSSR count). The van der Waals surface area contributed by atoms with E-state index in [2.05, 4.69) is 57.1 Å². The fraction of sp³-hybridized carbons (Fsp3) is 0.562. The zero-order valence-corrected chi connectivity index (χ0v) is 32.2. The van der Waals surface area contributed by atoms with Crippen molar-refractivity contribution in [3.05, 3.63) is 24.3 Å². The second kappa shape index (κ2) is 16.5. The third-order valence-corrected chi connectivity index (χ3v) is 9.24. The van der Waals surface area contributed by atoms with E-state index in [0.29, 0.717) is 10.8 Å². The maximum absolute atomic E-state index is 13.6. The minimum atomic E-state index is -1.18. The average Bonchev–Trinajstić information content (AvgIpc) is 2.96. The van der Waals surface area contributed by atoms with Crippen molar-refractivity contribution in [3.8, 4) is 11.5 Å². The molecule has 2 aromatic rings. The first-order valence-electron chi connectivity index (χ1n) is 14.3. The molecular formula is C32H42Br2O10S2. The number of carbonyl (C=O) groups is 4. The van der Waals surface area contributed by atoms with E-state index in [1.54, 1.807) is 65.8 Å². The fourth-order valence-corrected chi connectivity index (χ4v) is 6.87.